The van der Waals surface area contributed by atoms with E-state index in [1.807, 2.05) is 0 Å². The van der Waals surface area contributed by atoms with Gasteiger partial charge in [0, 0.05) is 6.07 Å². The lowest BCUT2D eigenvalue weighted by Gasteiger charge is -2.32. The first-order chi connectivity index (χ1) is 7.15. The second-order valence-electron chi connectivity index (χ2n) is 3.81. The highest BCUT2D eigenvalue weighted by Crippen LogP contribution is 2.31. The van der Waals surface area contributed by atoms with Gasteiger partial charge in [-0.25, -0.2) is 0 Å². The number of aromatic nitrogens is 2. The first-order valence-electron chi connectivity index (χ1n) is 4.87. The fraction of sp³-hybridized carbons (Fsp3) is 0.556. The van der Waals surface area contributed by atoms with Crippen molar-refractivity contribution in [2.24, 2.45) is 0 Å². The van der Waals surface area contributed by atoms with Gasteiger partial charge in [-0.3, -0.25) is 14.7 Å². The summed E-state index contributed by atoms with van der Waals surface area (Å²) < 4.78 is 0. The van der Waals surface area contributed by atoms with Crippen molar-refractivity contribution in [1.29, 1.82) is 0 Å². The molecule has 0 atom stereocenters. The molecule has 0 radical (unpaired) electrons. The van der Waals surface area contributed by atoms with Crippen molar-refractivity contribution in [3.05, 3.63) is 22.1 Å². The van der Waals surface area contributed by atoms with Crippen LogP contribution in [-0.2, 0) is 10.2 Å². The Morgan fingerprint density at radius 2 is 2.00 bits per heavy atom. The van der Waals surface area contributed by atoms with Gasteiger partial charge in [0.15, 0.2) is 0 Å². The lowest BCUT2D eigenvalue weighted by molar-refractivity contribution is -0.145. The van der Waals surface area contributed by atoms with Gasteiger partial charge in [-0.05, 0) is 25.9 Å². The molecule has 15 heavy (non-hydrogen) atoms. The van der Waals surface area contributed by atoms with E-state index in [1.54, 1.807) is 0 Å². The van der Waals surface area contributed by atoms with Crippen molar-refractivity contribution in [2.75, 3.05) is 13.1 Å². The summed E-state index contributed by atoms with van der Waals surface area (Å²) >= 11 is 0. The van der Waals surface area contributed by atoms with Crippen LogP contribution in [0.25, 0.3) is 0 Å². The average molecular weight is 211 g/mol. The quantitative estimate of drug-likeness (QED) is 0.525. The zero-order chi connectivity index (χ0) is 10.9. The number of carboxylic acid groups (broad SMARTS) is 1. The molecular formula is C9H13N3O3. The van der Waals surface area contributed by atoms with E-state index in [1.165, 1.54) is 6.07 Å². The fourth-order valence-corrected chi connectivity index (χ4v) is 2.04. The van der Waals surface area contributed by atoms with E-state index in [0.717, 1.165) is 0 Å². The number of aliphatic carboxylic acids is 1. The van der Waals surface area contributed by atoms with E-state index < -0.39 is 11.4 Å². The SMILES string of the molecule is O=C(O)C1(c2cc(=O)[nH][nH]2)CCNCC1. The lowest BCUT2D eigenvalue weighted by atomic mass is 9.76. The standard InChI is InChI=1S/C9H13N3O3/c13-7-5-6(11-12-7)9(8(14)15)1-3-10-4-2-9/h5,10H,1-4H2,(H,14,15)(H2,11,12,13). The Balaban J connectivity index is 2.41. The number of aromatic amines is 2. The van der Waals surface area contributed by atoms with Gasteiger partial charge in [-0.15, -0.1) is 0 Å². The zero-order valence-electron chi connectivity index (χ0n) is 8.17. The minimum atomic E-state index is -0.940. The summed E-state index contributed by atoms with van der Waals surface area (Å²) in [6.45, 7) is 1.30. The van der Waals surface area contributed by atoms with E-state index in [2.05, 4.69) is 15.5 Å². The molecule has 2 rings (SSSR count). The summed E-state index contributed by atoms with van der Waals surface area (Å²) in [4.78, 5) is 22.3. The summed E-state index contributed by atoms with van der Waals surface area (Å²) in [7, 11) is 0. The first-order valence-corrected chi connectivity index (χ1v) is 4.87. The zero-order valence-corrected chi connectivity index (χ0v) is 8.17. The number of hydrogen-bond acceptors (Lipinski definition) is 3. The second-order valence-corrected chi connectivity index (χ2v) is 3.81. The van der Waals surface area contributed by atoms with Gasteiger partial charge >= 0.3 is 5.97 Å². The minimum absolute atomic E-state index is 0.288. The Bertz CT molecular complexity index is 414. The van der Waals surface area contributed by atoms with Gasteiger partial charge in [0.1, 0.15) is 5.41 Å². The van der Waals surface area contributed by atoms with Gasteiger partial charge < -0.3 is 15.5 Å². The van der Waals surface area contributed by atoms with Gasteiger partial charge in [0.05, 0.1) is 5.69 Å². The maximum Gasteiger partial charge on any atom is 0.315 e. The topological polar surface area (TPSA) is 98.0 Å². The first kappa shape index (κ1) is 9.97. The molecule has 6 heteroatoms. The molecule has 0 aliphatic carbocycles. The molecule has 1 aliphatic heterocycles. The van der Waals surface area contributed by atoms with Crippen LogP contribution in [0.5, 0.6) is 0 Å². The van der Waals surface area contributed by atoms with Crippen LogP contribution in [0.1, 0.15) is 18.5 Å². The highest BCUT2D eigenvalue weighted by atomic mass is 16.4. The number of hydrogen-bond donors (Lipinski definition) is 4. The molecule has 6 nitrogen and oxygen atoms in total. The van der Waals surface area contributed by atoms with Crippen LogP contribution in [0.2, 0.25) is 0 Å². The summed E-state index contributed by atoms with van der Waals surface area (Å²) in [5, 5.41) is 17.4. The van der Waals surface area contributed by atoms with Crippen molar-refractivity contribution < 1.29 is 9.90 Å². The summed E-state index contributed by atoms with van der Waals surface area (Å²) in [5.41, 5.74) is -0.754. The van der Waals surface area contributed by atoms with Crippen molar-refractivity contribution in [2.45, 2.75) is 18.3 Å². The molecular weight excluding hydrogens is 198 g/mol. The molecule has 1 saturated heterocycles. The third-order valence-electron chi connectivity index (χ3n) is 2.98. The summed E-state index contributed by atoms with van der Waals surface area (Å²) in [6, 6.07) is 1.33. The van der Waals surface area contributed by atoms with Crippen molar-refractivity contribution in [1.82, 2.24) is 15.5 Å². The minimum Gasteiger partial charge on any atom is -0.481 e. The smallest absolute Gasteiger partial charge is 0.315 e. The van der Waals surface area contributed by atoms with Gasteiger partial charge in [0.25, 0.3) is 5.56 Å². The number of carbonyl (C=O) groups is 1. The molecule has 1 aromatic heterocycles. The Labute approximate surface area is 85.7 Å². The van der Waals surface area contributed by atoms with Crippen LogP contribution >= 0.6 is 0 Å². The number of carboxylic acids is 1. The molecule has 1 fully saturated rings. The second kappa shape index (κ2) is 3.54. The summed E-state index contributed by atoms with van der Waals surface area (Å²) in [5.74, 6) is -0.876. The molecule has 0 unspecified atom stereocenters. The predicted octanol–water partition coefficient (Wildman–Crippen LogP) is -0.591. The Morgan fingerprint density at radius 3 is 2.47 bits per heavy atom. The fourth-order valence-electron chi connectivity index (χ4n) is 2.04. The van der Waals surface area contributed by atoms with Crippen LogP contribution in [0.15, 0.2) is 10.9 Å². The molecule has 1 aromatic rings. The largest absolute Gasteiger partial charge is 0.481 e. The maximum atomic E-state index is 11.3. The van der Waals surface area contributed by atoms with E-state index >= 15 is 0 Å². The highest BCUT2D eigenvalue weighted by Gasteiger charge is 2.42. The molecule has 0 amide bonds. The molecule has 82 valence electrons. The maximum absolute atomic E-state index is 11.3. The van der Waals surface area contributed by atoms with Crippen LogP contribution in [0, 0.1) is 0 Å². The summed E-state index contributed by atoms with van der Waals surface area (Å²) in [6.07, 6.45) is 0.992. The van der Waals surface area contributed by atoms with Crippen LogP contribution < -0.4 is 10.9 Å². The Hall–Kier alpha value is -1.56. The van der Waals surface area contributed by atoms with Crippen molar-refractivity contribution in [3.63, 3.8) is 0 Å². The molecule has 1 aliphatic rings. The van der Waals surface area contributed by atoms with E-state index in [4.69, 9.17) is 0 Å². The number of piperidine rings is 1. The molecule has 2 heterocycles. The van der Waals surface area contributed by atoms with Gasteiger partial charge in [-0.2, -0.15) is 0 Å². The van der Waals surface area contributed by atoms with Crippen molar-refractivity contribution >= 4 is 5.97 Å². The molecule has 0 saturated carbocycles. The highest BCUT2D eigenvalue weighted by molar-refractivity contribution is 5.80. The third-order valence-corrected chi connectivity index (χ3v) is 2.98. The van der Waals surface area contributed by atoms with Crippen molar-refractivity contribution in [3.8, 4) is 0 Å². The third kappa shape index (κ3) is 1.56. The Kier molecular flexibility index (Phi) is 2.36. The normalized spacial score (nSPS) is 20.0. The molecule has 4 N–H and O–H groups in total. The molecule has 0 spiro atoms. The number of H-pyrrole nitrogens is 2. The van der Waals surface area contributed by atoms with Gasteiger partial charge in [0.2, 0.25) is 0 Å². The van der Waals surface area contributed by atoms with Crippen LogP contribution in [0.3, 0.4) is 0 Å². The van der Waals surface area contributed by atoms with E-state index in [9.17, 15) is 14.7 Å². The number of rotatable bonds is 2. The molecule has 0 aromatic carbocycles. The monoisotopic (exact) mass is 211 g/mol. The predicted molar refractivity (Wildman–Crippen MR) is 52.8 cm³/mol. The van der Waals surface area contributed by atoms with Crippen LogP contribution in [-0.4, -0.2) is 34.4 Å². The van der Waals surface area contributed by atoms with Gasteiger partial charge in [-0.1, -0.05) is 0 Å². The van der Waals surface area contributed by atoms with E-state index in [-0.39, 0.29) is 5.56 Å². The molecule has 0 bridgehead atoms. The lowest BCUT2D eigenvalue weighted by Crippen LogP contribution is -2.45. The average Bonchev–Trinajstić information content (AvgIpc) is 2.66. The van der Waals surface area contributed by atoms with E-state index in [0.29, 0.717) is 31.6 Å². The Morgan fingerprint density at radius 1 is 1.33 bits per heavy atom. The van der Waals surface area contributed by atoms with Crippen LogP contribution in [0.4, 0.5) is 0 Å². The number of nitrogens with one attached hydrogen (secondary N) is 3.